The van der Waals surface area contributed by atoms with Gasteiger partial charge in [-0.05, 0) is 215 Å². The molecule has 0 amide bonds. The molecule has 6 rings (SSSR count). The Morgan fingerprint density at radius 2 is 0.849 bits per heavy atom. The van der Waals surface area contributed by atoms with Crippen LogP contribution in [0.25, 0.3) is 52.2 Å². The Balaban J connectivity index is 1.78. The third kappa shape index (κ3) is 13.7. The summed E-state index contributed by atoms with van der Waals surface area (Å²) < 4.78 is 0. The molecule has 364 valence electrons. The zero-order chi connectivity index (χ0) is 53.5. The van der Waals surface area contributed by atoms with Crippen LogP contribution >= 0.6 is 0 Å². The predicted octanol–water partition coefficient (Wildman–Crippen LogP) is 16.6. The average molecular weight is 955 g/mol. The number of fused-ring (bicyclic) bond motifs is 8. The normalized spacial score (nSPS) is 19.4. The molecule has 0 unspecified atom stereocenters. The van der Waals surface area contributed by atoms with Gasteiger partial charge in [-0.25, -0.2) is 0 Å². The molecule has 4 aromatic rings. The molecule has 0 saturated carbocycles. The van der Waals surface area contributed by atoms with Crippen LogP contribution in [0.2, 0.25) is 0 Å². The minimum absolute atomic E-state index is 0.230. The number of hydrogen-bond acceptors (Lipinski definition) is 6. The number of nitrogens with zero attached hydrogens (tertiary/aromatic N) is 5. The van der Waals surface area contributed by atoms with E-state index in [0.717, 1.165) is 55.7 Å². The van der Waals surface area contributed by atoms with Gasteiger partial charge in [-0.2, -0.15) is 26.3 Å². The first-order valence-corrected chi connectivity index (χ1v) is 24.7. The van der Waals surface area contributed by atoms with E-state index in [1.807, 2.05) is 110 Å². The van der Waals surface area contributed by atoms with E-state index < -0.39 is 0 Å². The van der Waals surface area contributed by atoms with Crippen molar-refractivity contribution in [2.24, 2.45) is 5.41 Å². The van der Waals surface area contributed by atoms with Crippen LogP contribution in [0.3, 0.4) is 0 Å². The molecule has 0 fully saturated rings. The maximum absolute atomic E-state index is 11.0. The summed E-state index contributed by atoms with van der Waals surface area (Å²) in [5.41, 5.74) is 13.2. The van der Waals surface area contributed by atoms with Gasteiger partial charge in [0.2, 0.25) is 0 Å². The maximum atomic E-state index is 11.0. The van der Waals surface area contributed by atoms with Crippen LogP contribution in [0.15, 0.2) is 138 Å². The molecule has 4 aromatic carbocycles. The summed E-state index contributed by atoms with van der Waals surface area (Å²) in [6.45, 7) is 28.2. The molecule has 0 spiro atoms. The van der Waals surface area contributed by atoms with Gasteiger partial charge in [0.25, 0.3) is 0 Å². The van der Waals surface area contributed by atoms with Gasteiger partial charge < -0.3 is 5.32 Å². The van der Waals surface area contributed by atoms with Gasteiger partial charge in [-0.3, -0.25) is 0 Å². The fraction of sp³-hybridized carbons (Fsp3) is 0.269. The average Bonchev–Trinajstić information content (AvgIpc) is 3.34. The molecule has 0 atom stereocenters. The fourth-order valence-corrected chi connectivity index (χ4v) is 8.62. The first-order valence-electron chi connectivity index (χ1n) is 24.7. The minimum atomic E-state index is -0.313. The fourth-order valence-electron chi connectivity index (χ4n) is 8.62. The Labute approximate surface area is 435 Å². The molecule has 1 heterocycles. The lowest BCUT2D eigenvalue weighted by Gasteiger charge is -2.22. The molecule has 0 saturated heterocycles. The molecule has 0 radical (unpaired) electrons. The van der Waals surface area contributed by atoms with Gasteiger partial charge in [0.1, 0.15) is 0 Å². The van der Waals surface area contributed by atoms with Gasteiger partial charge in [0, 0.05) is 6.54 Å². The number of allylic oxidation sites excluding steroid dienone is 14. The van der Waals surface area contributed by atoms with E-state index in [1.54, 1.807) is 6.08 Å². The second-order valence-electron chi connectivity index (χ2n) is 22.9. The summed E-state index contributed by atoms with van der Waals surface area (Å²) in [5.74, 6) is 0. The van der Waals surface area contributed by atoms with Crippen LogP contribution in [-0.2, 0) is 16.2 Å². The van der Waals surface area contributed by atoms with Gasteiger partial charge in [0.05, 0.1) is 58.2 Å². The van der Waals surface area contributed by atoms with Crippen molar-refractivity contribution in [2.45, 2.75) is 106 Å². The van der Waals surface area contributed by atoms with E-state index in [1.165, 1.54) is 0 Å². The number of dihydropyridines is 1. The number of hydrogen-bond donors (Lipinski definition) is 1. The second kappa shape index (κ2) is 21.9. The quantitative estimate of drug-likeness (QED) is 0.213. The van der Waals surface area contributed by atoms with Gasteiger partial charge in [0.15, 0.2) is 0 Å². The van der Waals surface area contributed by atoms with Gasteiger partial charge in [-0.1, -0.05) is 126 Å². The highest BCUT2D eigenvalue weighted by Crippen LogP contribution is 2.36. The molecule has 1 N–H and O–H groups in total. The largest absolute Gasteiger partial charge is 0.387 e. The van der Waals surface area contributed by atoms with Crippen molar-refractivity contribution in [2.75, 3.05) is 6.54 Å². The van der Waals surface area contributed by atoms with E-state index in [-0.39, 0.29) is 21.7 Å². The zero-order valence-electron chi connectivity index (χ0n) is 44.8. The lowest BCUT2D eigenvalue weighted by Crippen LogP contribution is -2.12. The molecule has 1 aliphatic heterocycles. The maximum Gasteiger partial charge on any atom is 0.0998 e. The second-order valence-corrected chi connectivity index (χ2v) is 22.9. The monoisotopic (exact) mass is 955 g/mol. The highest BCUT2D eigenvalue weighted by Gasteiger charge is 2.22. The van der Waals surface area contributed by atoms with Crippen molar-refractivity contribution < 1.29 is 0 Å². The Kier molecular flexibility index (Phi) is 16.2. The van der Waals surface area contributed by atoms with Crippen LogP contribution in [0, 0.1) is 62.1 Å². The number of benzene rings is 4. The summed E-state index contributed by atoms with van der Waals surface area (Å²) in [5, 5.41) is 57.9. The standard InChI is InChI=1S/C67H66N6/c1-14-60(64(2,3)4)31-44-15-16-45(39-68)21-46-23-51(50-17-19-73-20-18-50)35-52(24-46)57(41-70)28-47-26-54(37-62(32-47)66(8,9)10)59(43-72)30-49-27-55(38-63(34-49)67(11,12)13)58(42-71)29-48-25-53(56(22-44)40-69)36-61(33-48)65(5,6)7/h14-19,21-38,73H,20H2,1-13H3/b16-15+,44-31+,45-21-,56-22+,57-28+,58-29+,59-30+,60-14+. The molecular formula is C67H66N6. The molecular weight excluding hydrogens is 889 g/mol. The zero-order valence-corrected chi connectivity index (χ0v) is 44.8. The molecule has 8 bridgehead atoms. The van der Waals surface area contributed by atoms with Crippen LogP contribution in [-0.4, -0.2) is 6.54 Å². The molecule has 6 heteroatoms. The minimum Gasteiger partial charge on any atom is -0.387 e. The smallest absolute Gasteiger partial charge is 0.0998 e. The van der Waals surface area contributed by atoms with E-state index in [4.69, 9.17) is 0 Å². The van der Waals surface area contributed by atoms with E-state index in [0.29, 0.717) is 62.2 Å². The summed E-state index contributed by atoms with van der Waals surface area (Å²) in [4.78, 5) is 0. The number of nitrogens with one attached hydrogen (secondary N) is 1. The van der Waals surface area contributed by atoms with Crippen LogP contribution in [0.5, 0.6) is 0 Å². The van der Waals surface area contributed by atoms with Crippen molar-refractivity contribution in [1.29, 1.82) is 26.3 Å². The molecule has 2 aliphatic rings. The highest BCUT2D eigenvalue weighted by atomic mass is 14.8. The first-order chi connectivity index (χ1) is 34.3. The molecule has 1 aliphatic carbocycles. The Hall–Kier alpha value is -8.47. The summed E-state index contributed by atoms with van der Waals surface area (Å²) in [6.07, 6.45) is 23.1. The summed E-state index contributed by atoms with van der Waals surface area (Å²) in [6, 6.07) is 36.5. The Morgan fingerprint density at radius 3 is 1.21 bits per heavy atom. The predicted molar refractivity (Wildman–Crippen MR) is 305 cm³/mol. The van der Waals surface area contributed by atoms with Crippen LogP contribution in [0.4, 0.5) is 0 Å². The number of rotatable bonds is 2. The van der Waals surface area contributed by atoms with Crippen molar-refractivity contribution >= 4 is 52.2 Å². The molecule has 73 heavy (non-hydrogen) atoms. The Morgan fingerprint density at radius 1 is 0.452 bits per heavy atom. The third-order valence-electron chi connectivity index (χ3n) is 12.9. The van der Waals surface area contributed by atoms with Gasteiger partial charge in [-0.15, -0.1) is 0 Å². The topological polar surface area (TPSA) is 131 Å². The van der Waals surface area contributed by atoms with Crippen LogP contribution < -0.4 is 5.32 Å². The number of nitriles is 5. The van der Waals surface area contributed by atoms with E-state index in [9.17, 15) is 26.3 Å². The highest BCUT2D eigenvalue weighted by molar-refractivity contribution is 5.96. The van der Waals surface area contributed by atoms with Crippen LogP contribution in [0.1, 0.15) is 157 Å². The lowest BCUT2D eigenvalue weighted by atomic mass is 9.82. The van der Waals surface area contributed by atoms with Gasteiger partial charge >= 0.3 is 0 Å². The van der Waals surface area contributed by atoms with E-state index >= 15 is 0 Å². The van der Waals surface area contributed by atoms with Crippen molar-refractivity contribution in [3.8, 4) is 30.3 Å². The van der Waals surface area contributed by atoms with Crippen molar-refractivity contribution in [1.82, 2.24) is 5.32 Å². The summed E-state index contributed by atoms with van der Waals surface area (Å²) >= 11 is 0. The summed E-state index contributed by atoms with van der Waals surface area (Å²) in [7, 11) is 0. The Bertz CT molecular complexity index is 3410. The molecule has 6 nitrogen and oxygen atoms in total. The SMILES string of the molecule is C\C=C(/C=C1/C=C(\C#N)c2cc(cc(C(C)(C)C)c2)/C=C(\C#N)c2cc(cc(C(C)(C)C)c2)/C=C(\C#N)c2cc(cc(C(C)(C)C)c2)/C=C(\C#N)c2cc(cc(C3=CCNC=C3)c2)/C=C(C#N)/C=C/1)C(C)(C)C. The van der Waals surface area contributed by atoms with E-state index in [2.05, 4.69) is 155 Å². The molecule has 0 aromatic heterocycles. The van der Waals surface area contributed by atoms with Crippen molar-refractivity contribution in [3.05, 3.63) is 205 Å². The third-order valence-corrected chi connectivity index (χ3v) is 12.9. The first kappa shape index (κ1) is 53.9. The van der Waals surface area contributed by atoms with Crippen molar-refractivity contribution in [3.63, 3.8) is 0 Å². The lowest BCUT2D eigenvalue weighted by molar-refractivity contribution is 0.516.